The molecule has 274 valence electrons. The van der Waals surface area contributed by atoms with Crippen molar-refractivity contribution < 1.29 is 46.2 Å². The van der Waals surface area contributed by atoms with E-state index in [9.17, 15) is 20.2 Å². The van der Waals surface area contributed by atoms with E-state index in [2.05, 4.69) is 20.1 Å². The fraction of sp³-hybridized carbons (Fsp3) is 0.625. The molecule has 0 aromatic heterocycles. The Kier molecular flexibility index (Phi) is 14.9. The number of benzene rings is 2. The molecule has 0 spiro atoms. The van der Waals surface area contributed by atoms with Gasteiger partial charge in [0.15, 0.2) is 12.6 Å². The molecule has 16 nitrogen and oxygen atoms in total. The second-order valence-electron chi connectivity index (χ2n) is 12.6. The SMILES string of the molecule is COP(C)(=O)O[C@H]1OC(COCc2ccccc2)[C@@H](OP(C)(=O)O[C@H]2OC(COCc3ccccc3)[C@@H](C)[C@H](C)C2N=[N+]=[N-])[C@H](C)C1N=[N+]=[N-]. The summed E-state index contributed by atoms with van der Waals surface area (Å²) in [6, 6.07) is 17.2. The van der Waals surface area contributed by atoms with Crippen LogP contribution < -0.4 is 0 Å². The fourth-order valence-electron chi connectivity index (χ4n) is 5.89. The molecule has 0 bridgehead atoms. The number of ether oxygens (including phenoxy) is 4. The standard InChI is InChI=1S/C32H46N6O10P2/c1-21-22(2)28(35-37-33)31(44-26(21)19-42-17-24-13-9-7-10-14-24)48-50(6,40)46-30-23(3)29(36-38-34)32(47-49(5,39)41-4)45-27(30)20-43-18-25-15-11-8-12-16-25/h7-16,21-23,26-32H,17-20H2,1-6H3/t21-,22-,23+,26?,27?,28?,29?,30-,31+,32+,49?,50?/m0/s1. The van der Waals surface area contributed by atoms with Crippen LogP contribution in [0, 0.1) is 17.8 Å². The average molecular weight is 737 g/mol. The molecule has 2 aliphatic rings. The molecule has 2 aliphatic heterocycles. The zero-order valence-corrected chi connectivity index (χ0v) is 30.8. The van der Waals surface area contributed by atoms with Gasteiger partial charge in [-0.3, -0.25) is 18.2 Å². The van der Waals surface area contributed by atoms with E-state index in [1.165, 1.54) is 20.4 Å². The van der Waals surface area contributed by atoms with Crippen LogP contribution in [0.3, 0.4) is 0 Å². The van der Waals surface area contributed by atoms with Crippen LogP contribution in [0.25, 0.3) is 20.9 Å². The van der Waals surface area contributed by atoms with Crippen LogP contribution in [0.2, 0.25) is 0 Å². The summed E-state index contributed by atoms with van der Waals surface area (Å²) in [5.41, 5.74) is 20.7. The molecular formula is C32H46N6O10P2. The maximum atomic E-state index is 14.2. The van der Waals surface area contributed by atoms with Gasteiger partial charge in [0.1, 0.15) is 6.10 Å². The van der Waals surface area contributed by atoms with Crippen molar-refractivity contribution in [2.75, 3.05) is 33.7 Å². The highest BCUT2D eigenvalue weighted by Crippen LogP contribution is 2.53. The molecule has 2 fully saturated rings. The van der Waals surface area contributed by atoms with E-state index in [0.717, 1.165) is 11.1 Å². The summed E-state index contributed by atoms with van der Waals surface area (Å²) in [6.45, 7) is 8.85. The molecule has 2 saturated heterocycles. The summed E-state index contributed by atoms with van der Waals surface area (Å²) in [5, 5.41) is 7.78. The minimum Gasteiger partial charge on any atom is -0.374 e. The van der Waals surface area contributed by atoms with Crippen molar-refractivity contribution in [2.45, 2.75) is 77.0 Å². The number of azide groups is 2. The minimum atomic E-state index is -4.05. The maximum Gasteiger partial charge on any atom is 0.330 e. The third-order valence-corrected chi connectivity index (χ3v) is 11.4. The summed E-state index contributed by atoms with van der Waals surface area (Å²) in [4.78, 5) is 5.93. The third kappa shape index (κ3) is 11.1. The number of hydrogen-bond acceptors (Lipinski definition) is 12. The van der Waals surface area contributed by atoms with Crippen LogP contribution in [0.4, 0.5) is 0 Å². The summed E-state index contributed by atoms with van der Waals surface area (Å²) < 4.78 is 74.3. The van der Waals surface area contributed by atoms with E-state index in [0.29, 0.717) is 6.61 Å². The van der Waals surface area contributed by atoms with E-state index in [-0.39, 0.29) is 31.7 Å². The zero-order valence-electron chi connectivity index (χ0n) is 29.0. The van der Waals surface area contributed by atoms with Crippen molar-refractivity contribution in [3.63, 3.8) is 0 Å². The van der Waals surface area contributed by atoms with Crippen molar-refractivity contribution in [3.05, 3.63) is 92.7 Å². The van der Waals surface area contributed by atoms with Gasteiger partial charge in [0.2, 0.25) is 0 Å². The van der Waals surface area contributed by atoms with Gasteiger partial charge in [-0.15, -0.1) is 0 Å². The van der Waals surface area contributed by atoms with E-state index >= 15 is 0 Å². The van der Waals surface area contributed by atoms with E-state index in [1.54, 1.807) is 6.92 Å². The first-order valence-electron chi connectivity index (χ1n) is 16.3. The molecular weight excluding hydrogens is 690 g/mol. The molecule has 18 heteroatoms. The Morgan fingerprint density at radius 1 is 0.680 bits per heavy atom. The van der Waals surface area contributed by atoms with Crippen LogP contribution in [0.5, 0.6) is 0 Å². The topological polar surface area (TPSA) is 206 Å². The maximum absolute atomic E-state index is 14.2. The lowest BCUT2D eigenvalue weighted by atomic mass is 9.82. The Morgan fingerprint density at radius 3 is 1.64 bits per heavy atom. The lowest BCUT2D eigenvalue weighted by molar-refractivity contribution is -0.231. The highest BCUT2D eigenvalue weighted by Gasteiger charge is 2.50. The number of nitrogens with zero attached hydrogens (tertiary/aromatic N) is 6. The van der Waals surface area contributed by atoms with Gasteiger partial charge < -0.3 is 28.0 Å². The molecule has 2 aromatic rings. The first kappa shape index (κ1) is 40.0. The molecule has 0 radical (unpaired) electrons. The molecule has 6 unspecified atom stereocenters. The van der Waals surface area contributed by atoms with Gasteiger partial charge >= 0.3 is 15.2 Å². The quantitative estimate of drug-likeness (QED) is 0.0665. The van der Waals surface area contributed by atoms with Gasteiger partial charge in [-0.25, -0.2) is 0 Å². The Bertz CT molecular complexity index is 1560. The highest BCUT2D eigenvalue weighted by atomic mass is 31.2. The second kappa shape index (κ2) is 18.6. The third-order valence-electron chi connectivity index (χ3n) is 8.95. The minimum absolute atomic E-state index is 0.0651. The first-order valence-corrected chi connectivity index (χ1v) is 20.2. The molecule has 2 aromatic carbocycles. The van der Waals surface area contributed by atoms with Crippen molar-refractivity contribution in [2.24, 2.45) is 28.0 Å². The van der Waals surface area contributed by atoms with Crippen LogP contribution in [-0.2, 0) is 59.4 Å². The first-order chi connectivity index (χ1) is 23.9. The predicted octanol–water partition coefficient (Wildman–Crippen LogP) is 7.85. The molecule has 0 saturated carbocycles. The molecule has 0 aliphatic carbocycles. The Balaban J connectivity index is 1.54. The summed E-state index contributed by atoms with van der Waals surface area (Å²) >= 11 is 0. The fourth-order valence-corrected chi connectivity index (χ4v) is 7.90. The van der Waals surface area contributed by atoms with Crippen molar-refractivity contribution in [1.29, 1.82) is 0 Å². The highest BCUT2D eigenvalue weighted by molar-refractivity contribution is 7.53. The van der Waals surface area contributed by atoms with Gasteiger partial charge in [0.05, 0.1) is 50.7 Å². The van der Waals surface area contributed by atoms with E-state index in [1.807, 2.05) is 74.5 Å². The number of hydrogen-bond donors (Lipinski definition) is 0. The molecule has 12 atom stereocenters. The summed E-state index contributed by atoms with van der Waals surface area (Å²) in [5.74, 6) is -1.04. The molecule has 0 N–H and O–H groups in total. The summed E-state index contributed by atoms with van der Waals surface area (Å²) in [6.07, 6.45) is -4.98. The van der Waals surface area contributed by atoms with Gasteiger partial charge in [-0.05, 0) is 39.9 Å². The van der Waals surface area contributed by atoms with Crippen molar-refractivity contribution >= 4 is 15.2 Å². The van der Waals surface area contributed by atoms with E-state index < -0.39 is 64.1 Å². The lowest BCUT2D eigenvalue weighted by Crippen LogP contribution is -2.55. The molecule has 50 heavy (non-hydrogen) atoms. The molecule has 0 amide bonds. The normalized spacial score (nSPS) is 32.1. The van der Waals surface area contributed by atoms with Crippen molar-refractivity contribution in [1.82, 2.24) is 0 Å². The second-order valence-corrected chi connectivity index (χ2v) is 16.6. The molecule has 4 rings (SSSR count). The van der Waals surface area contributed by atoms with Crippen LogP contribution in [0.1, 0.15) is 31.9 Å². The van der Waals surface area contributed by atoms with Gasteiger partial charge in [0, 0.05) is 30.3 Å². The van der Waals surface area contributed by atoms with Crippen LogP contribution >= 0.6 is 15.2 Å². The smallest absolute Gasteiger partial charge is 0.330 e. The van der Waals surface area contributed by atoms with Gasteiger partial charge in [-0.2, -0.15) is 0 Å². The lowest BCUT2D eigenvalue weighted by Gasteiger charge is -2.45. The molecule has 2 heterocycles. The van der Waals surface area contributed by atoms with Gasteiger partial charge in [0.25, 0.3) is 0 Å². The Labute approximate surface area is 292 Å². The predicted molar refractivity (Wildman–Crippen MR) is 184 cm³/mol. The average Bonchev–Trinajstić information content (AvgIpc) is 3.09. The van der Waals surface area contributed by atoms with Crippen molar-refractivity contribution in [3.8, 4) is 0 Å². The van der Waals surface area contributed by atoms with Crippen LogP contribution in [-0.4, -0.2) is 76.6 Å². The Hall–Kier alpha value is -2.80. The van der Waals surface area contributed by atoms with Crippen LogP contribution in [0.15, 0.2) is 70.9 Å². The monoisotopic (exact) mass is 736 g/mol. The summed E-state index contributed by atoms with van der Waals surface area (Å²) in [7, 11) is -6.43. The number of rotatable bonds is 17. The van der Waals surface area contributed by atoms with E-state index in [4.69, 9.17) is 37.0 Å². The largest absolute Gasteiger partial charge is 0.374 e. The Morgan fingerprint density at radius 2 is 1.14 bits per heavy atom. The zero-order chi connectivity index (χ0) is 36.3. The van der Waals surface area contributed by atoms with Gasteiger partial charge in [-0.1, -0.05) is 91.7 Å².